The molecule has 3 aromatic rings. The lowest BCUT2D eigenvalue weighted by Gasteiger charge is -2.18. The number of benzene rings is 2. The molecule has 1 aliphatic rings. The highest BCUT2D eigenvalue weighted by atomic mass is 16.5. The number of carbonyl (C=O) groups is 1. The average Bonchev–Trinajstić information content (AvgIpc) is 3.36. The van der Waals surface area contributed by atoms with Crippen LogP contribution in [0, 0.1) is 18.3 Å². The number of fused-ring (bicyclic) bond motifs is 1. The molecular formula is C21H18N2O3. The first-order valence-electron chi connectivity index (χ1n) is 8.53. The third-order valence-electron chi connectivity index (χ3n) is 5.13. The van der Waals surface area contributed by atoms with Gasteiger partial charge in [0.2, 0.25) is 5.89 Å². The number of aromatic nitrogens is 1. The number of hydrogen-bond donors (Lipinski definition) is 0. The number of rotatable bonds is 5. The highest BCUT2D eigenvalue weighted by Gasteiger charge is 2.54. The van der Waals surface area contributed by atoms with E-state index in [1.54, 1.807) is 19.2 Å². The van der Waals surface area contributed by atoms with Crippen LogP contribution in [0.1, 0.15) is 35.8 Å². The van der Waals surface area contributed by atoms with Crippen molar-refractivity contribution in [1.29, 1.82) is 5.26 Å². The number of ether oxygens (including phenoxy) is 1. The van der Waals surface area contributed by atoms with E-state index in [1.807, 2.05) is 37.3 Å². The van der Waals surface area contributed by atoms with E-state index < -0.39 is 11.3 Å². The van der Waals surface area contributed by atoms with E-state index in [0.29, 0.717) is 11.1 Å². The Morgan fingerprint density at radius 1 is 1.31 bits per heavy atom. The second-order valence-electron chi connectivity index (χ2n) is 6.71. The summed E-state index contributed by atoms with van der Waals surface area (Å²) in [6.45, 7) is 1.96. The first-order valence-corrected chi connectivity index (χ1v) is 8.53. The van der Waals surface area contributed by atoms with E-state index in [0.717, 1.165) is 29.7 Å². The summed E-state index contributed by atoms with van der Waals surface area (Å²) in [6, 6.07) is 15.2. The van der Waals surface area contributed by atoms with Gasteiger partial charge >= 0.3 is 0 Å². The van der Waals surface area contributed by atoms with Crippen molar-refractivity contribution in [2.45, 2.75) is 31.1 Å². The smallest absolute Gasteiger partial charge is 0.220 e. The third-order valence-corrected chi connectivity index (χ3v) is 5.13. The fourth-order valence-electron chi connectivity index (χ4n) is 3.44. The molecule has 1 fully saturated rings. The molecule has 0 bridgehead atoms. The van der Waals surface area contributed by atoms with Crippen molar-refractivity contribution in [2.75, 3.05) is 7.11 Å². The number of oxazole rings is 1. The molecule has 0 spiro atoms. The van der Waals surface area contributed by atoms with Gasteiger partial charge in [-0.2, -0.15) is 5.26 Å². The predicted molar refractivity (Wildman–Crippen MR) is 96.0 cm³/mol. The number of methoxy groups -OCH3 is 1. The van der Waals surface area contributed by atoms with E-state index in [2.05, 4.69) is 11.1 Å². The molecule has 5 nitrogen and oxygen atoms in total. The Morgan fingerprint density at radius 2 is 2.08 bits per heavy atom. The maximum atomic E-state index is 13.3. The molecule has 0 N–H and O–H groups in total. The first kappa shape index (κ1) is 16.3. The molecule has 1 aliphatic carbocycles. The van der Waals surface area contributed by atoms with Gasteiger partial charge in [-0.1, -0.05) is 24.3 Å². The van der Waals surface area contributed by atoms with Crippen molar-refractivity contribution in [3.63, 3.8) is 0 Å². The van der Waals surface area contributed by atoms with Crippen molar-refractivity contribution < 1.29 is 13.9 Å². The number of para-hydroxylation sites is 2. The molecule has 2 aromatic carbocycles. The van der Waals surface area contributed by atoms with E-state index in [1.165, 1.54) is 0 Å². The molecule has 1 saturated carbocycles. The topological polar surface area (TPSA) is 76.1 Å². The van der Waals surface area contributed by atoms with Crippen LogP contribution in [0.25, 0.3) is 11.1 Å². The zero-order valence-electron chi connectivity index (χ0n) is 14.7. The number of nitrogens with zero attached hydrogens (tertiary/aromatic N) is 2. The van der Waals surface area contributed by atoms with Gasteiger partial charge in [0.25, 0.3) is 0 Å². The predicted octanol–water partition coefficient (Wildman–Crippen LogP) is 4.05. The lowest BCUT2D eigenvalue weighted by Crippen LogP contribution is -2.26. The molecule has 5 heteroatoms. The summed E-state index contributed by atoms with van der Waals surface area (Å²) in [5, 5.41) is 9.66. The second kappa shape index (κ2) is 5.99. The molecule has 0 aliphatic heterocycles. The van der Waals surface area contributed by atoms with Crippen molar-refractivity contribution in [2.24, 2.45) is 0 Å². The van der Waals surface area contributed by atoms with Crippen LogP contribution in [0.3, 0.4) is 0 Å². The zero-order chi connectivity index (χ0) is 18.3. The summed E-state index contributed by atoms with van der Waals surface area (Å²) in [7, 11) is 1.61. The number of nitriles is 1. The summed E-state index contributed by atoms with van der Waals surface area (Å²) in [6.07, 6.45) is 1.44. The SMILES string of the molecule is COc1cc(C2(C(=O)[C@H](C#N)c3nc4ccccc4o3)CC2)ccc1C. The van der Waals surface area contributed by atoms with Crippen LogP contribution in [0.2, 0.25) is 0 Å². The quantitative estimate of drug-likeness (QED) is 0.696. The molecule has 0 unspecified atom stereocenters. The molecule has 26 heavy (non-hydrogen) atoms. The van der Waals surface area contributed by atoms with Gasteiger partial charge < -0.3 is 9.15 Å². The lowest BCUT2D eigenvalue weighted by atomic mass is 9.84. The van der Waals surface area contributed by atoms with Gasteiger partial charge in [-0.25, -0.2) is 4.98 Å². The molecule has 4 rings (SSSR count). The summed E-state index contributed by atoms with van der Waals surface area (Å²) < 4.78 is 11.1. The molecule has 1 atom stereocenters. The number of carbonyl (C=O) groups excluding carboxylic acids is 1. The fourth-order valence-corrected chi connectivity index (χ4v) is 3.44. The minimum absolute atomic E-state index is 0.155. The van der Waals surface area contributed by atoms with Crippen molar-refractivity contribution in [3.05, 3.63) is 59.5 Å². The van der Waals surface area contributed by atoms with Gasteiger partial charge in [0.05, 0.1) is 18.6 Å². The summed E-state index contributed by atoms with van der Waals surface area (Å²) >= 11 is 0. The molecule has 0 radical (unpaired) electrons. The van der Waals surface area contributed by atoms with Crippen molar-refractivity contribution in [1.82, 2.24) is 4.98 Å². The van der Waals surface area contributed by atoms with Gasteiger partial charge in [-0.3, -0.25) is 4.79 Å². The standard InChI is InChI=1S/C21H18N2O3/c1-13-7-8-14(11-18(13)25-2)21(9-10-21)19(24)15(12-22)20-23-16-5-3-4-6-17(16)26-20/h3-8,11,15H,9-10H2,1-2H3/t15-/m0/s1. The third kappa shape index (κ3) is 2.46. The summed E-state index contributed by atoms with van der Waals surface area (Å²) in [5.41, 5.74) is 2.48. The van der Waals surface area contributed by atoms with E-state index in [-0.39, 0.29) is 11.7 Å². The van der Waals surface area contributed by atoms with Crippen LogP contribution in [0.5, 0.6) is 5.75 Å². The number of aryl methyl sites for hydroxylation is 1. The van der Waals surface area contributed by atoms with Crippen LogP contribution in [0.15, 0.2) is 46.9 Å². The number of Topliss-reactive ketones (excluding diaryl/α,β-unsaturated/α-hetero) is 1. The molecule has 130 valence electrons. The molecule has 1 heterocycles. The Morgan fingerprint density at radius 3 is 2.73 bits per heavy atom. The minimum Gasteiger partial charge on any atom is -0.496 e. The summed E-state index contributed by atoms with van der Waals surface area (Å²) in [5.74, 6) is -0.254. The minimum atomic E-state index is -1.02. The second-order valence-corrected chi connectivity index (χ2v) is 6.71. The normalized spacial score (nSPS) is 16.0. The van der Waals surface area contributed by atoms with Crippen LogP contribution >= 0.6 is 0 Å². The zero-order valence-corrected chi connectivity index (χ0v) is 14.7. The van der Waals surface area contributed by atoms with Gasteiger partial charge in [0.1, 0.15) is 11.3 Å². The fraction of sp³-hybridized carbons (Fsp3) is 0.286. The lowest BCUT2D eigenvalue weighted by molar-refractivity contribution is -0.122. The Hall–Kier alpha value is -3.13. The molecular weight excluding hydrogens is 328 g/mol. The van der Waals surface area contributed by atoms with E-state index >= 15 is 0 Å². The highest BCUT2D eigenvalue weighted by Crippen LogP contribution is 2.52. The summed E-state index contributed by atoms with van der Waals surface area (Å²) in [4.78, 5) is 17.6. The highest BCUT2D eigenvalue weighted by molar-refractivity contribution is 5.99. The average molecular weight is 346 g/mol. The van der Waals surface area contributed by atoms with Crippen LogP contribution in [-0.2, 0) is 10.2 Å². The Kier molecular flexibility index (Phi) is 3.77. The maximum absolute atomic E-state index is 13.3. The van der Waals surface area contributed by atoms with Crippen LogP contribution in [0.4, 0.5) is 0 Å². The van der Waals surface area contributed by atoms with Gasteiger partial charge in [-0.05, 0) is 49.1 Å². The van der Waals surface area contributed by atoms with E-state index in [9.17, 15) is 10.1 Å². The Balaban J connectivity index is 1.72. The van der Waals surface area contributed by atoms with Gasteiger partial charge in [0, 0.05) is 0 Å². The van der Waals surface area contributed by atoms with E-state index in [4.69, 9.17) is 9.15 Å². The first-order chi connectivity index (χ1) is 12.6. The van der Waals surface area contributed by atoms with Gasteiger partial charge in [0.15, 0.2) is 17.3 Å². The Labute approximate surface area is 151 Å². The van der Waals surface area contributed by atoms with Crippen LogP contribution < -0.4 is 4.74 Å². The number of hydrogen-bond acceptors (Lipinski definition) is 5. The van der Waals surface area contributed by atoms with Crippen molar-refractivity contribution in [3.8, 4) is 11.8 Å². The Bertz CT molecular complexity index is 1010. The maximum Gasteiger partial charge on any atom is 0.220 e. The largest absolute Gasteiger partial charge is 0.496 e. The monoisotopic (exact) mass is 346 g/mol. The molecule has 0 saturated heterocycles. The molecule has 0 amide bonds. The van der Waals surface area contributed by atoms with Gasteiger partial charge in [-0.15, -0.1) is 0 Å². The number of ketones is 1. The van der Waals surface area contributed by atoms with Crippen molar-refractivity contribution >= 4 is 16.9 Å². The molecule has 1 aromatic heterocycles. The van der Waals surface area contributed by atoms with Crippen LogP contribution in [-0.4, -0.2) is 17.9 Å².